The molecule has 0 unspecified atom stereocenters. The van der Waals surface area contributed by atoms with Crippen molar-refractivity contribution in [3.63, 3.8) is 0 Å². The van der Waals surface area contributed by atoms with Gasteiger partial charge in [0, 0.05) is 11.1 Å². The molecule has 5 aromatic rings. The first-order valence-corrected chi connectivity index (χ1v) is 17.2. The smallest absolute Gasteiger partial charge is 0.338 e. The number of benzene rings is 4. The number of thiazole rings is 1. The van der Waals surface area contributed by atoms with E-state index in [0.29, 0.717) is 56.4 Å². The second kappa shape index (κ2) is 15.7. The topological polar surface area (TPSA) is 105 Å². The zero-order chi connectivity index (χ0) is 35.0. The second-order valence-corrected chi connectivity index (χ2v) is 12.2. The van der Waals surface area contributed by atoms with E-state index in [1.807, 2.05) is 97.9 Å². The van der Waals surface area contributed by atoms with Crippen LogP contribution in [-0.4, -0.2) is 36.3 Å². The van der Waals surface area contributed by atoms with Crippen molar-refractivity contribution in [2.24, 2.45) is 4.99 Å². The molecule has 10 heteroatoms. The number of hydrogen-bond acceptors (Lipinski definition) is 9. The van der Waals surface area contributed by atoms with Gasteiger partial charge >= 0.3 is 11.9 Å². The monoisotopic (exact) mass is 688 g/mol. The largest absolute Gasteiger partial charge is 0.494 e. The molecule has 254 valence electrons. The lowest BCUT2D eigenvalue weighted by Crippen LogP contribution is -2.40. The highest BCUT2D eigenvalue weighted by Crippen LogP contribution is 2.35. The Bertz CT molecular complexity index is 2200. The molecule has 0 aliphatic carbocycles. The summed E-state index contributed by atoms with van der Waals surface area (Å²) in [5.41, 5.74) is 3.91. The first kappa shape index (κ1) is 34.1. The SMILES string of the molecule is CCOC(=O)C1=C(c2ccccc2)N=c2s/c(=C\c3ccccc3OCc3ccc(C(=O)OCC)cc3)c(=O)n2[C@@H]1c1ccc(OCC)cc1. The Morgan fingerprint density at radius 2 is 1.46 bits per heavy atom. The summed E-state index contributed by atoms with van der Waals surface area (Å²) >= 11 is 1.24. The maximum Gasteiger partial charge on any atom is 0.338 e. The third kappa shape index (κ3) is 7.30. The fraction of sp³-hybridized carbons (Fsp3) is 0.200. The van der Waals surface area contributed by atoms with E-state index in [4.69, 9.17) is 23.9 Å². The number of carbonyl (C=O) groups excluding carboxylic acids is 2. The fourth-order valence-electron chi connectivity index (χ4n) is 5.65. The Labute approximate surface area is 293 Å². The summed E-state index contributed by atoms with van der Waals surface area (Å²) < 4.78 is 24.5. The summed E-state index contributed by atoms with van der Waals surface area (Å²) in [4.78, 5) is 45.5. The first-order valence-electron chi connectivity index (χ1n) is 16.4. The molecule has 50 heavy (non-hydrogen) atoms. The van der Waals surface area contributed by atoms with Gasteiger partial charge in [-0.05, 0) is 68.3 Å². The predicted molar refractivity (Wildman–Crippen MR) is 192 cm³/mol. The molecule has 0 bridgehead atoms. The third-order valence-corrected chi connectivity index (χ3v) is 8.93. The fourth-order valence-corrected chi connectivity index (χ4v) is 6.65. The zero-order valence-electron chi connectivity index (χ0n) is 28.0. The number of nitrogens with zero attached hydrogens (tertiary/aromatic N) is 2. The van der Waals surface area contributed by atoms with E-state index in [2.05, 4.69) is 0 Å². The van der Waals surface area contributed by atoms with Gasteiger partial charge in [-0.3, -0.25) is 9.36 Å². The molecule has 1 atom stereocenters. The zero-order valence-corrected chi connectivity index (χ0v) is 28.8. The van der Waals surface area contributed by atoms with Gasteiger partial charge in [0.2, 0.25) is 0 Å². The highest BCUT2D eigenvalue weighted by Gasteiger charge is 2.35. The molecular formula is C40H36N2O7S. The van der Waals surface area contributed by atoms with Gasteiger partial charge in [0.25, 0.3) is 5.56 Å². The molecule has 4 aromatic carbocycles. The van der Waals surface area contributed by atoms with Gasteiger partial charge in [-0.15, -0.1) is 0 Å². The molecule has 1 aromatic heterocycles. The number of hydrogen-bond donors (Lipinski definition) is 0. The van der Waals surface area contributed by atoms with E-state index in [-0.39, 0.29) is 30.3 Å². The number of aromatic nitrogens is 1. The van der Waals surface area contributed by atoms with Crippen LogP contribution < -0.4 is 24.4 Å². The van der Waals surface area contributed by atoms with E-state index < -0.39 is 12.0 Å². The number of ether oxygens (including phenoxy) is 4. The van der Waals surface area contributed by atoms with Crippen LogP contribution in [0.4, 0.5) is 0 Å². The lowest BCUT2D eigenvalue weighted by Gasteiger charge is -2.26. The van der Waals surface area contributed by atoms with Crippen molar-refractivity contribution in [3.05, 3.63) is 156 Å². The highest BCUT2D eigenvalue weighted by molar-refractivity contribution is 7.07. The lowest BCUT2D eigenvalue weighted by atomic mass is 9.93. The number of rotatable bonds is 12. The average molecular weight is 689 g/mol. The minimum Gasteiger partial charge on any atom is -0.494 e. The summed E-state index contributed by atoms with van der Waals surface area (Å²) in [5.74, 6) is 0.340. The van der Waals surface area contributed by atoms with Crippen molar-refractivity contribution in [1.29, 1.82) is 0 Å². The van der Waals surface area contributed by atoms with Crippen LogP contribution in [0.25, 0.3) is 11.8 Å². The lowest BCUT2D eigenvalue weighted by molar-refractivity contribution is -0.138. The van der Waals surface area contributed by atoms with Crippen molar-refractivity contribution < 1.29 is 28.5 Å². The van der Waals surface area contributed by atoms with Crippen LogP contribution in [0.1, 0.15) is 59.4 Å². The van der Waals surface area contributed by atoms with E-state index in [9.17, 15) is 14.4 Å². The molecule has 0 N–H and O–H groups in total. The molecule has 0 spiro atoms. The molecule has 1 aliphatic heterocycles. The molecule has 0 radical (unpaired) electrons. The minimum absolute atomic E-state index is 0.164. The first-order chi connectivity index (χ1) is 24.4. The number of para-hydroxylation sites is 1. The Kier molecular flexibility index (Phi) is 10.7. The van der Waals surface area contributed by atoms with Crippen LogP contribution in [0.2, 0.25) is 0 Å². The van der Waals surface area contributed by atoms with Crippen molar-refractivity contribution in [2.45, 2.75) is 33.4 Å². The van der Waals surface area contributed by atoms with Gasteiger partial charge in [-0.2, -0.15) is 0 Å². The quantitative estimate of drug-likeness (QED) is 0.146. The predicted octanol–water partition coefficient (Wildman–Crippen LogP) is 6.09. The maximum atomic E-state index is 14.4. The molecule has 6 rings (SSSR count). The van der Waals surface area contributed by atoms with Gasteiger partial charge in [-0.25, -0.2) is 14.6 Å². The van der Waals surface area contributed by atoms with Crippen molar-refractivity contribution in [1.82, 2.24) is 4.57 Å². The summed E-state index contributed by atoms with van der Waals surface area (Å²) in [6.45, 7) is 6.65. The van der Waals surface area contributed by atoms with Gasteiger partial charge in [0.05, 0.1) is 47.2 Å². The molecule has 0 saturated heterocycles. The molecule has 9 nitrogen and oxygen atoms in total. The Morgan fingerprint density at radius 3 is 2.16 bits per heavy atom. The van der Waals surface area contributed by atoms with Crippen LogP contribution in [0.5, 0.6) is 11.5 Å². The van der Waals surface area contributed by atoms with Crippen LogP contribution in [0.15, 0.2) is 118 Å². The van der Waals surface area contributed by atoms with Crippen LogP contribution in [0.3, 0.4) is 0 Å². The summed E-state index contributed by atoms with van der Waals surface area (Å²) in [7, 11) is 0. The Balaban J connectivity index is 1.43. The van der Waals surface area contributed by atoms with Crippen molar-refractivity contribution in [2.75, 3.05) is 19.8 Å². The number of esters is 2. The third-order valence-electron chi connectivity index (χ3n) is 7.95. The average Bonchev–Trinajstić information content (AvgIpc) is 3.45. The summed E-state index contributed by atoms with van der Waals surface area (Å²) in [6, 6.07) is 30.5. The molecule has 0 amide bonds. The van der Waals surface area contributed by atoms with Crippen LogP contribution in [0, 0.1) is 0 Å². The highest BCUT2D eigenvalue weighted by atomic mass is 32.1. The van der Waals surface area contributed by atoms with Crippen LogP contribution in [-0.2, 0) is 20.9 Å². The number of fused-ring (bicyclic) bond motifs is 1. The molecule has 0 saturated carbocycles. The molecular weight excluding hydrogens is 653 g/mol. The molecule has 2 heterocycles. The molecule has 1 aliphatic rings. The van der Waals surface area contributed by atoms with E-state index in [0.717, 1.165) is 11.1 Å². The van der Waals surface area contributed by atoms with E-state index in [1.54, 1.807) is 36.6 Å². The van der Waals surface area contributed by atoms with Gasteiger partial charge in [0.1, 0.15) is 18.1 Å². The van der Waals surface area contributed by atoms with Gasteiger partial charge < -0.3 is 18.9 Å². The summed E-state index contributed by atoms with van der Waals surface area (Å²) in [6.07, 6.45) is 1.79. The maximum absolute atomic E-state index is 14.4. The van der Waals surface area contributed by atoms with Crippen molar-refractivity contribution in [3.8, 4) is 11.5 Å². The standard InChI is InChI=1S/C40H36N2O7S/c1-4-46-31-22-20-28(21-23-31)36-34(39(45)48-6-3)35(27-12-8-7-9-13-27)41-40-42(36)37(43)33(50-40)24-30-14-10-11-15-32(30)49-25-26-16-18-29(19-17-26)38(44)47-5-2/h7-24,36H,4-6,25H2,1-3H3/b33-24-/t36-/m1/s1. The van der Waals surface area contributed by atoms with Gasteiger partial charge in [0.15, 0.2) is 4.80 Å². The summed E-state index contributed by atoms with van der Waals surface area (Å²) in [5, 5.41) is 0. The van der Waals surface area contributed by atoms with Crippen molar-refractivity contribution >= 4 is 35.0 Å². The minimum atomic E-state index is -0.803. The Hall–Kier alpha value is -5.74. The van der Waals surface area contributed by atoms with E-state index >= 15 is 0 Å². The van der Waals surface area contributed by atoms with Crippen LogP contribution >= 0.6 is 11.3 Å². The Morgan fingerprint density at radius 1 is 0.780 bits per heavy atom. The normalized spacial score (nSPS) is 14.1. The van der Waals surface area contributed by atoms with Gasteiger partial charge in [-0.1, -0.05) is 84.1 Å². The number of carbonyl (C=O) groups is 2. The van der Waals surface area contributed by atoms with E-state index in [1.165, 1.54) is 11.3 Å². The molecule has 0 fully saturated rings. The second-order valence-electron chi connectivity index (χ2n) is 11.2.